The van der Waals surface area contributed by atoms with Crippen LogP contribution in [0.5, 0.6) is 17.2 Å². The van der Waals surface area contributed by atoms with Crippen LogP contribution in [0.2, 0.25) is 0 Å². The highest BCUT2D eigenvalue weighted by Crippen LogP contribution is 2.53. The summed E-state index contributed by atoms with van der Waals surface area (Å²) in [5.41, 5.74) is 1.71. The van der Waals surface area contributed by atoms with E-state index in [1.165, 1.54) is 26.9 Å². The van der Waals surface area contributed by atoms with Crippen LogP contribution in [0.15, 0.2) is 48.6 Å². The van der Waals surface area contributed by atoms with Crippen molar-refractivity contribution in [2.75, 3.05) is 38.1 Å². The van der Waals surface area contributed by atoms with Gasteiger partial charge in [-0.15, -0.1) is 0 Å². The van der Waals surface area contributed by atoms with Crippen LogP contribution in [-0.2, 0) is 14.3 Å². The lowest BCUT2D eigenvalue weighted by Crippen LogP contribution is -2.41. The maximum absolute atomic E-state index is 13.6. The van der Waals surface area contributed by atoms with Crippen LogP contribution in [0, 0.1) is 11.8 Å². The fourth-order valence-electron chi connectivity index (χ4n) is 5.43. The Morgan fingerprint density at radius 3 is 2.31 bits per heavy atom. The van der Waals surface area contributed by atoms with Gasteiger partial charge in [-0.3, -0.25) is 9.59 Å². The Morgan fingerprint density at radius 2 is 1.74 bits per heavy atom. The molecule has 0 unspecified atom stereocenters. The van der Waals surface area contributed by atoms with E-state index in [9.17, 15) is 9.59 Å². The third-order valence-corrected chi connectivity index (χ3v) is 7.21. The molecule has 5 rings (SSSR count). The van der Waals surface area contributed by atoms with Crippen LogP contribution in [0.3, 0.4) is 0 Å². The molecule has 184 valence electrons. The molecule has 1 spiro atoms. The van der Waals surface area contributed by atoms with Crippen LogP contribution in [0.25, 0.3) is 0 Å². The van der Waals surface area contributed by atoms with Gasteiger partial charge in [0.2, 0.25) is 17.6 Å². The number of nitrogens with zero attached hydrogens (tertiary/aromatic N) is 1. The van der Waals surface area contributed by atoms with Gasteiger partial charge in [0.1, 0.15) is 5.60 Å². The van der Waals surface area contributed by atoms with E-state index in [4.69, 9.17) is 18.9 Å². The largest absolute Gasteiger partial charge is 0.493 e. The molecule has 2 fully saturated rings. The van der Waals surface area contributed by atoms with Gasteiger partial charge in [-0.2, -0.15) is 0 Å². The smallest absolute Gasteiger partial charge is 0.234 e. The number of nitrogens with one attached hydrogen (secondary N) is 1. The number of carbonyl (C=O) groups is 2. The fourth-order valence-corrected chi connectivity index (χ4v) is 5.43. The molecular weight excluding hydrogens is 448 g/mol. The van der Waals surface area contributed by atoms with Crippen molar-refractivity contribution in [3.05, 3.63) is 54.1 Å². The standard InChI is InChI=1S/C27H30N2O6/c1-15(2)16-6-8-18(9-7-16)29-14-27-11-10-19(35-27)22(23(27)26(29)31)25(30)28-17-12-20(32-3)24(34-5)21(13-17)33-4/h6-13,15,19,22-23H,14H2,1-5H3,(H,28,30)/t19-,22-,23+,27+/m1/s1. The van der Waals surface area contributed by atoms with E-state index >= 15 is 0 Å². The molecule has 35 heavy (non-hydrogen) atoms. The first kappa shape index (κ1) is 23.2. The van der Waals surface area contributed by atoms with Crippen molar-refractivity contribution in [2.24, 2.45) is 11.8 Å². The molecule has 2 amide bonds. The third kappa shape index (κ3) is 3.63. The molecule has 3 aliphatic heterocycles. The molecule has 8 heteroatoms. The minimum absolute atomic E-state index is 0.0980. The average molecular weight is 479 g/mol. The van der Waals surface area contributed by atoms with Crippen molar-refractivity contribution in [3.63, 3.8) is 0 Å². The van der Waals surface area contributed by atoms with E-state index in [-0.39, 0.29) is 11.8 Å². The summed E-state index contributed by atoms with van der Waals surface area (Å²) in [4.78, 5) is 28.9. The minimum atomic E-state index is -0.796. The predicted octanol–water partition coefficient (Wildman–Crippen LogP) is 3.76. The maximum atomic E-state index is 13.6. The summed E-state index contributed by atoms with van der Waals surface area (Å²) in [6.45, 7) is 4.65. The number of rotatable bonds is 7. The van der Waals surface area contributed by atoms with E-state index in [0.29, 0.717) is 35.4 Å². The van der Waals surface area contributed by atoms with Crippen molar-refractivity contribution >= 4 is 23.2 Å². The first-order chi connectivity index (χ1) is 16.8. The lowest BCUT2D eigenvalue weighted by atomic mass is 9.76. The molecule has 3 heterocycles. The molecule has 2 saturated heterocycles. The summed E-state index contributed by atoms with van der Waals surface area (Å²) in [6.07, 6.45) is 3.40. The van der Waals surface area contributed by atoms with E-state index in [2.05, 4.69) is 19.2 Å². The number of anilines is 2. The van der Waals surface area contributed by atoms with Gasteiger partial charge in [-0.1, -0.05) is 38.1 Å². The molecular formula is C27H30N2O6. The molecule has 1 N–H and O–H groups in total. The van der Waals surface area contributed by atoms with Crippen LogP contribution in [0.1, 0.15) is 25.3 Å². The van der Waals surface area contributed by atoms with Crippen molar-refractivity contribution < 1.29 is 28.5 Å². The highest BCUT2D eigenvalue weighted by atomic mass is 16.5. The second-order valence-electron chi connectivity index (χ2n) is 9.47. The Labute approximate surface area is 204 Å². The quantitative estimate of drug-likeness (QED) is 0.610. The molecule has 2 aromatic carbocycles. The molecule has 4 atom stereocenters. The van der Waals surface area contributed by atoms with Gasteiger partial charge in [-0.25, -0.2) is 0 Å². The zero-order valence-electron chi connectivity index (χ0n) is 20.5. The van der Waals surface area contributed by atoms with Crippen molar-refractivity contribution in [1.29, 1.82) is 0 Å². The number of hydrogen-bond donors (Lipinski definition) is 1. The van der Waals surface area contributed by atoms with E-state index in [0.717, 1.165) is 5.69 Å². The Bertz CT molecular complexity index is 1170. The second-order valence-corrected chi connectivity index (χ2v) is 9.47. The van der Waals surface area contributed by atoms with Crippen LogP contribution >= 0.6 is 0 Å². The van der Waals surface area contributed by atoms with Gasteiger partial charge in [0.05, 0.1) is 45.8 Å². The number of carbonyl (C=O) groups excluding carboxylic acids is 2. The first-order valence-corrected chi connectivity index (χ1v) is 11.7. The van der Waals surface area contributed by atoms with Gasteiger partial charge >= 0.3 is 0 Å². The van der Waals surface area contributed by atoms with Crippen molar-refractivity contribution in [3.8, 4) is 17.2 Å². The summed E-state index contributed by atoms with van der Waals surface area (Å²) in [5.74, 6) is 0.0666. The Balaban J connectivity index is 1.41. The SMILES string of the molecule is COc1cc(NC(=O)[C@H]2[C@H]3C(=O)N(c4ccc(C(C)C)cc4)C[C@@]34C=C[C@H]2O4)cc(OC)c1OC. The summed E-state index contributed by atoms with van der Waals surface area (Å²) in [6, 6.07) is 11.3. The van der Waals surface area contributed by atoms with Crippen molar-refractivity contribution in [1.82, 2.24) is 0 Å². The number of fused-ring (bicyclic) bond motifs is 1. The van der Waals surface area contributed by atoms with Crippen LogP contribution in [-0.4, -0.2) is 51.4 Å². The fraction of sp³-hybridized carbons (Fsp3) is 0.407. The summed E-state index contributed by atoms with van der Waals surface area (Å²) >= 11 is 0. The predicted molar refractivity (Wildman–Crippen MR) is 131 cm³/mol. The summed E-state index contributed by atoms with van der Waals surface area (Å²) in [7, 11) is 4.55. The second kappa shape index (κ2) is 8.61. The average Bonchev–Trinajstić information content (AvgIpc) is 3.51. The van der Waals surface area contributed by atoms with E-state index in [1.807, 2.05) is 36.4 Å². The molecule has 3 aliphatic rings. The molecule has 0 saturated carbocycles. The third-order valence-electron chi connectivity index (χ3n) is 7.21. The zero-order valence-corrected chi connectivity index (χ0v) is 20.5. The number of benzene rings is 2. The lowest BCUT2D eigenvalue weighted by molar-refractivity contribution is -0.128. The molecule has 0 aromatic heterocycles. The van der Waals surface area contributed by atoms with Crippen LogP contribution < -0.4 is 24.4 Å². The van der Waals surface area contributed by atoms with Gasteiger partial charge in [-0.05, 0) is 23.6 Å². The van der Waals surface area contributed by atoms with Crippen LogP contribution in [0.4, 0.5) is 11.4 Å². The van der Waals surface area contributed by atoms with E-state index in [1.54, 1.807) is 17.0 Å². The van der Waals surface area contributed by atoms with Gasteiger partial charge in [0.15, 0.2) is 11.5 Å². The summed E-state index contributed by atoms with van der Waals surface area (Å²) in [5, 5.41) is 2.93. The van der Waals surface area contributed by atoms with Gasteiger partial charge in [0.25, 0.3) is 0 Å². The lowest BCUT2D eigenvalue weighted by Gasteiger charge is -2.24. The highest BCUT2D eigenvalue weighted by molar-refractivity contribution is 6.05. The number of ether oxygens (including phenoxy) is 4. The number of amides is 2. The maximum Gasteiger partial charge on any atom is 0.234 e. The van der Waals surface area contributed by atoms with Crippen molar-refractivity contribution in [2.45, 2.75) is 31.5 Å². The number of methoxy groups -OCH3 is 3. The minimum Gasteiger partial charge on any atom is -0.493 e. The topological polar surface area (TPSA) is 86.3 Å². The monoisotopic (exact) mass is 478 g/mol. The van der Waals surface area contributed by atoms with Gasteiger partial charge in [0, 0.05) is 23.5 Å². The molecule has 0 radical (unpaired) electrons. The molecule has 0 aliphatic carbocycles. The number of hydrogen-bond acceptors (Lipinski definition) is 6. The Hall–Kier alpha value is -3.52. The highest BCUT2D eigenvalue weighted by Gasteiger charge is 2.67. The van der Waals surface area contributed by atoms with E-state index < -0.39 is 23.5 Å². The summed E-state index contributed by atoms with van der Waals surface area (Å²) < 4.78 is 22.4. The molecule has 2 bridgehead atoms. The molecule has 2 aromatic rings. The zero-order chi connectivity index (χ0) is 24.9. The Morgan fingerprint density at radius 1 is 1.09 bits per heavy atom. The Kier molecular flexibility index (Phi) is 5.71. The van der Waals surface area contributed by atoms with Gasteiger partial charge < -0.3 is 29.2 Å². The molecule has 8 nitrogen and oxygen atoms in total. The first-order valence-electron chi connectivity index (χ1n) is 11.7. The normalized spacial score (nSPS) is 26.3.